The molecule has 0 aliphatic heterocycles. The van der Waals surface area contributed by atoms with E-state index in [4.69, 9.17) is 16.4 Å². The standard InChI is InChI=1S/C7H12N6O/c8-3-1-5-13(6-2-4-9)12-7(14)11-10/h1-2,5-6,10H2,(H2,11,12,14). The number of nitrogens with two attached hydrogens (primary N) is 1. The van der Waals surface area contributed by atoms with Crippen molar-refractivity contribution in [2.24, 2.45) is 5.84 Å². The Labute approximate surface area is 82.0 Å². The Balaban J connectivity index is 3.92. The molecule has 0 aliphatic rings. The molecule has 0 spiro atoms. The first kappa shape index (κ1) is 12.2. The summed E-state index contributed by atoms with van der Waals surface area (Å²) in [5.41, 5.74) is 4.28. The summed E-state index contributed by atoms with van der Waals surface area (Å²) in [6, 6.07) is 3.31. The van der Waals surface area contributed by atoms with Gasteiger partial charge < -0.3 is 0 Å². The molecule has 0 aromatic carbocycles. The number of hydrazine groups is 2. The van der Waals surface area contributed by atoms with E-state index < -0.39 is 6.03 Å². The first-order valence-electron chi connectivity index (χ1n) is 4.00. The molecule has 0 bridgehead atoms. The molecule has 7 nitrogen and oxygen atoms in total. The number of nitriles is 2. The highest BCUT2D eigenvalue weighted by Gasteiger charge is 2.06. The zero-order chi connectivity index (χ0) is 10.8. The normalized spacial score (nSPS) is 8.86. The first-order chi connectivity index (χ1) is 6.74. The van der Waals surface area contributed by atoms with Crippen molar-refractivity contribution >= 4 is 6.03 Å². The number of amides is 2. The van der Waals surface area contributed by atoms with Gasteiger partial charge in [-0.3, -0.25) is 10.9 Å². The summed E-state index contributed by atoms with van der Waals surface area (Å²) in [5, 5.41) is 18.1. The van der Waals surface area contributed by atoms with E-state index >= 15 is 0 Å². The van der Waals surface area contributed by atoms with E-state index in [1.54, 1.807) is 0 Å². The van der Waals surface area contributed by atoms with Crippen LogP contribution in [-0.4, -0.2) is 24.1 Å². The van der Waals surface area contributed by atoms with Gasteiger partial charge in [-0.15, -0.1) is 0 Å². The van der Waals surface area contributed by atoms with Crippen molar-refractivity contribution in [2.45, 2.75) is 12.8 Å². The number of nitrogens with one attached hydrogen (secondary N) is 2. The average Bonchev–Trinajstić information content (AvgIpc) is 2.21. The SMILES string of the molecule is N#CCCN(CCC#N)NC(=O)NN. The van der Waals surface area contributed by atoms with Crippen LogP contribution in [0.15, 0.2) is 0 Å². The second kappa shape index (κ2) is 7.80. The molecule has 0 radical (unpaired) electrons. The van der Waals surface area contributed by atoms with Gasteiger partial charge in [-0.2, -0.15) is 10.5 Å². The number of carbonyl (C=O) groups excluding carboxylic acids is 1. The van der Waals surface area contributed by atoms with Crippen LogP contribution in [0.2, 0.25) is 0 Å². The fourth-order valence-electron chi connectivity index (χ4n) is 0.769. The molecule has 7 heteroatoms. The smallest absolute Gasteiger partial charge is 0.275 e. The largest absolute Gasteiger partial charge is 0.343 e. The minimum absolute atomic E-state index is 0.274. The molecule has 0 atom stereocenters. The van der Waals surface area contributed by atoms with Gasteiger partial charge in [-0.25, -0.2) is 15.6 Å². The lowest BCUT2D eigenvalue weighted by Crippen LogP contribution is -2.50. The summed E-state index contributed by atoms with van der Waals surface area (Å²) in [4.78, 5) is 10.8. The number of carbonyl (C=O) groups is 1. The van der Waals surface area contributed by atoms with E-state index in [0.29, 0.717) is 13.1 Å². The molecule has 14 heavy (non-hydrogen) atoms. The summed E-state index contributed by atoms with van der Waals surface area (Å²) in [6.07, 6.45) is 0.548. The molecule has 0 aliphatic carbocycles. The van der Waals surface area contributed by atoms with Crippen LogP contribution >= 0.6 is 0 Å². The molecule has 76 valence electrons. The Kier molecular flexibility index (Phi) is 6.78. The number of nitrogens with zero attached hydrogens (tertiary/aromatic N) is 3. The third-order valence-corrected chi connectivity index (χ3v) is 1.38. The van der Waals surface area contributed by atoms with Crippen LogP contribution in [0, 0.1) is 22.7 Å². The zero-order valence-electron chi connectivity index (χ0n) is 7.66. The number of urea groups is 1. The fraction of sp³-hybridized carbons (Fsp3) is 0.571. The number of hydrogen-bond acceptors (Lipinski definition) is 5. The maximum absolute atomic E-state index is 10.8. The highest BCUT2D eigenvalue weighted by Crippen LogP contribution is 1.89. The predicted octanol–water partition coefficient (Wildman–Crippen LogP) is -0.796. The number of rotatable bonds is 5. The van der Waals surface area contributed by atoms with E-state index in [0.717, 1.165) is 0 Å². The van der Waals surface area contributed by atoms with Crippen LogP contribution in [-0.2, 0) is 0 Å². The minimum Gasteiger partial charge on any atom is -0.275 e. The van der Waals surface area contributed by atoms with E-state index in [9.17, 15) is 4.79 Å². The fourth-order valence-corrected chi connectivity index (χ4v) is 0.769. The average molecular weight is 196 g/mol. The lowest BCUT2D eigenvalue weighted by atomic mass is 10.4. The highest BCUT2D eigenvalue weighted by atomic mass is 16.2. The van der Waals surface area contributed by atoms with E-state index in [1.165, 1.54) is 5.01 Å². The molecular weight excluding hydrogens is 184 g/mol. The highest BCUT2D eigenvalue weighted by molar-refractivity contribution is 5.72. The Morgan fingerprint density at radius 2 is 1.79 bits per heavy atom. The van der Waals surface area contributed by atoms with Crippen LogP contribution in [0.1, 0.15) is 12.8 Å². The zero-order valence-corrected chi connectivity index (χ0v) is 7.66. The Morgan fingerprint density at radius 1 is 1.29 bits per heavy atom. The van der Waals surface area contributed by atoms with Crippen LogP contribution in [0.4, 0.5) is 4.79 Å². The van der Waals surface area contributed by atoms with E-state index in [-0.39, 0.29) is 12.8 Å². The lowest BCUT2D eigenvalue weighted by molar-refractivity contribution is 0.181. The molecule has 0 heterocycles. The second-order valence-corrected chi connectivity index (χ2v) is 2.39. The van der Waals surface area contributed by atoms with Gasteiger partial charge in [-0.1, -0.05) is 0 Å². The topological polar surface area (TPSA) is 118 Å². The van der Waals surface area contributed by atoms with Crippen LogP contribution in [0.5, 0.6) is 0 Å². The molecule has 0 aromatic rings. The molecule has 0 fully saturated rings. The summed E-state index contributed by atoms with van der Waals surface area (Å²) in [7, 11) is 0. The van der Waals surface area contributed by atoms with Gasteiger partial charge >= 0.3 is 6.03 Å². The maximum atomic E-state index is 10.8. The Morgan fingerprint density at radius 3 is 2.14 bits per heavy atom. The second-order valence-electron chi connectivity index (χ2n) is 2.39. The van der Waals surface area contributed by atoms with Crippen molar-refractivity contribution in [1.29, 1.82) is 10.5 Å². The van der Waals surface area contributed by atoms with E-state index in [1.807, 2.05) is 17.6 Å². The van der Waals surface area contributed by atoms with Crippen molar-refractivity contribution in [1.82, 2.24) is 15.9 Å². The lowest BCUT2D eigenvalue weighted by Gasteiger charge is -2.19. The molecule has 0 saturated carbocycles. The van der Waals surface area contributed by atoms with Crippen LogP contribution in [0.3, 0.4) is 0 Å². The van der Waals surface area contributed by atoms with Gasteiger partial charge in [0.05, 0.1) is 12.1 Å². The third kappa shape index (κ3) is 5.77. The predicted molar refractivity (Wildman–Crippen MR) is 47.9 cm³/mol. The van der Waals surface area contributed by atoms with Crippen molar-refractivity contribution in [3.63, 3.8) is 0 Å². The first-order valence-corrected chi connectivity index (χ1v) is 4.00. The van der Waals surface area contributed by atoms with Crippen molar-refractivity contribution < 1.29 is 4.79 Å². The molecule has 2 amide bonds. The van der Waals surface area contributed by atoms with Crippen LogP contribution in [0.25, 0.3) is 0 Å². The summed E-state index contributed by atoms with van der Waals surface area (Å²) >= 11 is 0. The Hall–Kier alpha value is -1.83. The third-order valence-electron chi connectivity index (χ3n) is 1.38. The van der Waals surface area contributed by atoms with E-state index in [2.05, 4.69) is 5.43 Å². The molecule has 0 saturated heterocycles. The molecule has 0 aromatic heterocycles. The van der Waals surface area contributed by atoms with Crippen molar-refractivity contribution in [3.05, 3.63) is 0 Å². The monoisotopic (exact) mass is 196 g/mol. The summed E-state index contributed by atoms with van der Waals surface area (Å²) in [6.45, 7) is 0.733. The molecule has 4 N–H and O–H groups in total. The van der Waals surface area contributed by atoms with Crippen molar-refractivity contribution in [2.75, 3.05) is 13.1 Å². The summed E-state index contributed by atoms with van der Waals surface area (Å²) in [5.74, 6) is 4.86. The van der Waals surface area contributed by atoms with Gasteiger partial charge in [0, 0.05) is 25.9 Å². The number of hydrogen-bond donors (Lipinski definition) is 3. The van der Waals surface area contributed by atoms with Crippen molar-refractivity contribution in [3.8, 4) is 12.1 Å². The van der Waals surface area contributed by atoms with Gasteiger partial charge in [0.2, 0.25) is 0 Å². The van der Waals surface area contributed by atoms with Crippen LogP contribution < -0.4 is 16.7 Å². The van der Waals surface area contributed by atoms with Gasteiger partial charge in [-0.05, 0) is 0 Å². The molecule has 0 rings (SSSR count). The maximum Gasteiger partial charge on any atom is 0.343 e. The summed E-state index contributed by atoms with van der Waals surface area (Å²) < 4.78 is 0. The van der Waals surface area contributed by atoms with Gasteiger partial charge in [0.15, 0.2) is 0 Å². The molecular formula is C7H12N6O. The van der Waals surface area contributed by atoms with Gasteiger partial charge in [0.25, 0.3) is 0 Å². The van der Waals surface area contributed by atoms with Gasteiger partial charge in [0.1, 0.15) is 0 Å². The quantitative estimate of drug-likeness (QED) is 0.302. The Bertz CT molecular complexity index is 234. The molecule has 0 unspecified atom stereocenters. The minimum atomic E-state index is -0.569.